The maximum Gasteiger partial charge on any atom is 0.183 e. The third-order valence-electron chi connectivity index (χ3n) is 4.89. The third-order valence-corrected chi connectivity index (χ3v) is 4.89. The van der Waals surface area contributed by atoms with Gasteiger partial charge in [0.15, 0.2) is 10.8 Å². The number of hydrogen-bond donors (Lipinski definition) is 0. The Morgan fingerprint density at radius 3 is 2.08 bits per heavy atom. The number of carbonyl (C=O) groups is 1. The molecule has 0 bridgehead atoms. The van der Waals surface area contributed by atoms with Gasteiger partial charge >= 0.3 is 0 Å². The molecule has 1 fully saturated rings. The quantitative estimate of drug-likeness (QED) is 0.849. The largest absolute Gasteiger partial charge is 0.299 e. The molecule has 0 aromatic heterocycles. The van der Waals surface area contributed by atoms with Gasteiger partial charge in [0.25, 0.3) is 0 Å². The number of hydrogen-bond acceptors (Lipinski definition) is 5. The second kappa shape index (κ2) is 6.54. The molecule has 5 heteroatoms. The van der Waals surface area contributed by atoms with Gasteiger partial charge in [-0.2, -0.15) is 21.0 Å². The van der Waals surface area contributed by atoms with Crippen molar-refractivity contribution in [1.29, 1.82) is 21.0 Å². The van der Waals surface area contributed by atoms with Crippen LogP contribution in [0.2, 0.25) is 0 Å². The van der Waals surface area contributed by atoms with E-state index >= 15 is 0 Å². The Bertz CT molecular complexity index is 773. The predicted octanol–water partition coefficient (Wildman–Crippen LogP) is 3.23. The zero-order valence-corrected chi connectivity index (χ0v) is 13.4. The first-order valence-corrected chi connectivity index (χ1v) is 7.78. The Morgan fingerprint density at radius 2 is 1.62 bits per heavy atom. The summed E-state index contributed by atoms with van der Waals surface area (Å²) in [5, 5.41) is 38.9. The van der Waals surface area contributed by atoms with Crippen molar-refractivity contribution in [3.05, 3.63) is 35.9 Å². The Morgan fingerprint density at radius 1 is 1.04 bits per heavy atom. The number of benzene rings is 1. The number of nitrogens with zero attached hydrogens (tertiary/aromatic N) is 4. The van der Waals surface area contributed by atoms with Crippen molar-refractivity contribution in [2.24, 2.45) is 16.7 Å². The monoisotopic (exact) mass is 316 g/mol. The van der Waals surface area contributed by atoms with Gasteiger partial charge in [-0.1, -0.05) is 43.7 Å². The van der Waals surface area contributed by atoms with E-state index in [0.717, 1.165) is 0 Å². The molecule has 0 N–H and O–H groups in total. The fourth-order valence-corrected chi connectivity index (χ4v) is 3.70. The summed E-state index contributed by atoms with van der Waals surface area (Å²) in [4.78, 5) is 12.7. The lowest BCUT2D eigenvalue weighted by atomic mass is 9.48. The van der Waals surface area contributed by atoms with Crippen molar-refractivity contribution >= 4 is 5.78 Å². The van der Waals surface area contributed by atoms with E-state index in [0.29, 0.717) is 18.4 Å². The molecule has 1 saturated carbocycles. The van der Waals surface area contributed by atoms with E-state index in [-0.39, 0.29) is 12.2 Å². The smallest absolute Gasteiger partial charge is 0.183 e. The van der Waals surface area contributed by atoms with Crippen molar-refractivity contribution in [3.8, 4) is 24.3 Å². The van der Waals surface area contributed by atoms with Crippen LogP contribution in [0.4, 0.5) is 0 Å². The fourth-order valence-electron chi connectivity index (χ4n) is 3.70. The highest BCUT2D eigenvalue weighted by Gasteiger charge is 2.66. The number of carbonyl (C=O) groups excluding carboxylic acids is 1. The topological polar surface area (TPSA) is 112 Å². The molecular formula is C19H16N4O. The molecule has 1 aliphatic rings. The molecule has 5 nitrogen and oxygen atoms in total. The number of nitriles is 4. The van der Waals surface area contributed by atoms with Gasteiger partial charge in [0, 0.05) is 18.3 Å². The Hall–Kier alpha value is -3.15. The van der Waals surface area contributed by atoms with Crippen LogP contribution in [0.5, 0.6) is 0 Å². The predicted molar refractivity (Wildman–Crippen MR) is 84.5 cm³/mol. The van der Waals surface area contributed by atoms with E-state index in [1.54, 1.807) is 30.3 Å². The van der Waals surface area contributed by atoms with Crippen LogP contribution in [0.25, 0.3) is 0 Å². The third kappa shape index (κ3) is 2.23. The first-order valence-electron chi connectivity index (χ1n) is 7.78. The SMILES string of the molecule is CCC[C@H]1C(=O)CC(C#N)(C#N)C(C#N)(C#N)[C@H]1c1ccccc1. The van der Waals surface area contributed by atoms with Gasteiger partial charge in [0.1, 0.15) is 5.78 Å². The van der Waals surface area contributed by atoms with Crippen molar-refractivity contribution in [3.63, 3.8) is 0 Å². The molecule has 118 valence electrons. The second-order valence-corrected chi connectivity index (χ2v) is 6.09. The number of rotatable bonds is 3. The zero-order valence-electron chi connectivity index (χ0n) is 13.4. The number of Topliss-reactive ketones (excluding diaryl/α,β-unsaturated/α-hetero) is 1. The van der Waals surface area contributed by atoms with Crippen LogP contribution in [-0.2, 0) is 4.79 Å². The summed E-state index contributed by atoms with van der Waals surface area (Å²) in [6.07, 6.45) is 0.838. The van der Waals surface area contributed by atoms with Gasteiger partial charge in [0.2, 0.25) is 0 Å². The van der Waals surface area contributed by atoms with Crippen LogP contribution in [0.15, 0.2) is 30.3 Å². The highest BCUT2D eigenvalue weighted by Crippen LogP contribution is 2.58. The summed E-state index contributed by atoms with van der Waals surface area (Å²) in [7, 11) is 0. The lowest BCUT2D eigenvalue weighted by molar-refractivity contribution is -0.130. The molecule has 1 aromatic rings. The molecule has 0 amide bonds. The van der Waals surface area contributed by atoms with Gasteiger partial charge in [-0.3, -0.25) is 4.79 Å². The molecule has 0 spiro atoms. The molecule has 1 aliphatic carbocycles. The van der Waals surface area contributed by atoms with Gasteiger partial charge in [-0.15, -0.1) is 0 Å². The van der Waals surface area contributed by atoms with Crippen molar-refractivity contribution in [2.45, 2.75) is 32.1 Å². The van der Waals surface area contributed by atoms with E-state index in [1.807, 2.05) is 31.2 Å². The van der Waals surface area contributed by atoms with Gasteiger partial charge in [-0.25, -0.2) is 0 Å². The highest BCUT2D eigenvalue weighted by molar-refractivity contribution is 5.86. The lowest BCUT2D eigenvalue weighted by Gasteiger charge is -2.45. The lowest BCUT2D eigenvalue weighted by Crippen LogP contribution is -2.53. The number of ketones is 1. The minimum atomic E-state index is -1.96. The van der Waals surface area contributed by atoms with E-state index in [4.69, 9.17) is 0 Å². The van der Waals surface area contributed by atoms with Gasteiger partial charge in [0.05, 0.1) is 24.3 Å². The summed E-state index contributed by atoms with van der Waals surface area (Å²) in [6, 6.07) is 16.4. The molecule has 0 aliphatic heterocycles. The molecule has 0 heterocycles. The molecule has 2 atom stereocenters. The van der Waals surface area contributed by atoms with Crippen molar-refractivity contribution in [2.75, 3.05) is 0 Å². The first-order chi connectivity index (χ1) is 11.6. The second-order valence-electron chi connectivity index (χ2n) is 6.09. The Balaban J connectivity index is 2.81. The van der Waals surface area contributed by atoms with Crippen LogP contribution in [-0.4, -0.2) is 5.78 Å². The maximum atomic E-state index is 12.7. The van der Waals surface area contributed by atoms with Crippen LogP contribution < -0.4 is 0 Å². The minimum Gasteiger partial charge on any atom is -0.299 e. The minimum absolute atomic E-state index is 0.227. The maximum absolute atomic E-state index is 12.7. The summed E-state index contributed by atoms with van der Waals surface area (Å²) < 4.78 is 0. The summed E-state index contributed by atoms with van der Waals surface area (Å²) in [5.41, 5.74) is -3.20. The normalized spacial score (nSPS) is 24.0. The van der Waals surface area contributed by atoms with Crippen LogP contribution >= 0.6 is 0 Å². The molecule has 1 aromatic carbocycles. The Labute approximate surface area is 141 Å². The van der Waals surface area contributed by atoms with Crippen LogP contribution in [0, 0.1) is 62.1 Å². The van der Waals surface area contributed by atoms with Crippen molar-refractivity contribution in [1.82, 2.24) is 0 Å². The van der Waals surface area contributed by atoms with E-state index in [2.05, 4.69) is 0 Å². The molecule has 0 unspecified atom stereocenters. The average molecular weight is 316 g/mol. The van der Waals surface area contributed by atoms with Gasteiger partial charge < -0.3 is 0 Å². The Kier molecular flexibility index (Phi) is 4.69. The van der Waals surface area contributed by atoms with E-state index in [1.165, 1.54) is 0 Å². The highest BCUT2D eigenvalue weighted by atomic mass is 16.1. The molecular weight excluding hydrogens is 300 g/mol. The van der Waals surface area contributed by atoms with E-state index < -0.39 is 22.7 Å². The molecule has 0 radical (unpaired) electrons. The zero-order chi connectivity index (χ0) is 17.8. The van der Waals surface area contributed by atoms with E-state index in [9.17, 15) is 25.8 Å². The molecule has 2 rings (SSSR count). The summed E-state index contributed by atoms with van der Waals surface area (Å²) in [6.45, 7) is 1.92. The van der Waals surface area contributed by atoms with Crippen LogP contribution in [0.3, 0.4) is 0 Å². The van der Waals surface area contributed by atoms with Crippen molar-refractivity contribution < 1.29 is 4.79 Å². The molecule has 0 saturated heterocycles. The van der Waals surface area contributed by atoms with Gasteiger partial charge in [-0.05, 0) is 12.0 Å². The first kappa shape index (κ1) is 17.2. The standard InChI is InChI=1S/C19H16N4O/c1-2-6-15-16(24)9-18(10-20,11-21)19(12-22,13-23)17(15)14-7-4-3-5-8-14/h3-5,7-8,15,17H,2,6,9H2,1H3/t15-,17-/m0/s1. The summed E-state index contributed by atoms with van der Waals surface area (Å²) >= 11 is 0. The summed E-state index contributed by atoms with van der Waals surface area (Å²) in [5.74, 6) is -1.57. The average Bonchev–Trinajstić information content (AvgIpc) is 2.63. The van der Waals surface area contributed by atoms with Crippen LogP contribution in [0.1, 0.15) is 37.7 Å². The fraction of sp³-hybridized carbons (Fsp3) is 0.421. The molecule has 24 heavy (non-hydrogen) atoms.